The Bertz CT molecular complexity index is 1200. The molecule has 6 rings (SSSR count). The number of aliphatic hydroxyl groups excluding tert-OH is 1. The molecular weight excluding hydrogens is 446 g/mol. The average molecular weight is 480 g/mol. The molecule has 2 aromatic heterocycles. The molecule has 1 amide bonds. The number of allylic oxidation sites excluding steroid dienone is 1. The van der Waals surface area contributed by atoms with Crippen LogP contribution in [0.25, 0.3) is 6.08 Å². The van der Waals surface area contributed by atoms with E-state index >= 15 is 0 Å². The van der Waals surface area contributed by atoms with Crippen LogP contribution in [0.2, 0.25) is 0 Å². The van der Waals surface area contributed by atoms with Crippen LogP contribution in [0.15, 0.2) is 34.6 Å². The molecule has 4 aliphatic carbocycles. The zero-order valence-electron chi connectivity index (χ0n) is 20.5. The van der Waals surface area contributed by atoms with Gasteiger partial charge in [-0.3, -0.25) is 9.89 Å². The van der Waals surface area contributed by atoms with Crippen molar-refractivity contribution in [1.82, 2.24) is 15.5 Å². The minimum absolute atomic E-state index is 0.0740. The molecule has 2 heterocycles. The monoisotopic (exact) mass is 479 g/mol. The van der Waals surface area contributed by atoms with Gasteiger partial charge in [0.05, 0.1) is 24.3 Å². The van der Waals surface area contributed by atoms with E-state index in [-0.39, 0.29) is 34.8 Å². The van der Waals surface area contributed by atoms with Gasteiger partial charge in [0.1, 0.15) is 0 Å². The smallest absolute Gasteiger partial charge is 0.375 e. The number of carbonyl (C=O) groups excluding carboxylic acids is 2. The quantitative estimate of drug-likeness (QED) is 0.580. The topological polar surface area (TPSA) is 117 Å². The number of hydrogen-bond donors (Lipinski definition) is 3. The van der Waals surface area contributed by atoms with E-state index < -0.39 is 23.1 Å². The molecule has 4 aliphatic rings. The molecule has 3 saturated carbocycles. The molecule has 7 unspecified atom stereocenters. The zero-order valence-corrected chi connectivity index (χ0v) is 20.5. The lowest BCUT2D eigenvalue weighted by Gasteiger charge is -2.60. The van der Waals surface area contributed by atoms with E-state index in [1.807, 2.05) is 13.1 Å². The molecule has 3 fully saturated rings. The lowest BCUT2D eigenvalue weighted by atomic mass is 9.45. The summed E-state index contributed by atoms with van der Waals surface area (Å²) in [5.74, 6) is -0.415. The molecule has 0 aliphatic heterocycles. The summed E-state index contributed by atoms with van der Waals surface area (Å²) in [5.41, 5.74) is 1.43. The second kappa shape index (κ2) is 7.56. The Morgan fingerprint density at radius 1 is 1.31 bits per heavy atom. The number of amides is 1. The van der Waals surface area contributed by atoms with Crippen LogP contribution in [-0.4, -0.2) is 45.9 Å². The van der Waals surface area contributed by atoms with Gasteiger partial charge < -0.3 is 19.6 Å². The molecule has 186 valence electrons. The first-order valence-corrected chi connectivity index (χ1v) is 12.6. The fourth-order valence-electron chi connectivity index (χ4n) is 8.48. The van der Waals surface area contributed by atoms with Crippen molar-refractivity contribution in [2.75, 3.05) is 7.05 Å². The first kappa shape index (κ1) is 22.6. The Morgan fingerprint density at radius 2 is 2.14 bits per heavy atom. The van der Waals surface area contributed by atoms with E-state index in [0.29, 0.717) is 12.8 Å². The van der Waals surface area contributed by atoms with Crippen molar-refractivity contribution in [3.8, 4) is 0 Å². The maximum Gasteiger partial charge on any atom is 0.375 e. The van der Waals surface area contributed by atoms with Crippen molar-refractivity contribution in [3.63, 3.8) is 0 Å². The SMILES string of the molecule is CNC(=O)C1(OC(=O)c2ccco2)CCC2C3CCC4=Cc5[nH]ncc5CC4(C)C3C(O)CC21C. The second-order valence-corrected chi connectivity index (χ2v) is 11.4. The predicted octanol–water partition coefficient (Wildman–Crippen LogP) is 3.50. The van der Waals surface area contributed by atoms with Gasteiger partial charge in [-0.05, 0) is 85.5 Å². The Balaban J connectivity index is 1.38. The van der Waals surface area contributed by atoms with Gasteiger partial charge in [-0.1, -0.05) is 19.4 Å². The lowest BCUT2D eigenvalue weighted by Crippen LogP contribution is -2.64. The summed E-state index contributed by atoms with van der Waals surface area (Å²) in [6.07, 6.45) is 9.29. The minimum atomic E-state index is -1.36. The fourth-order valence-corrected chi connectivity index (χ4v) is 8.48. The number of aromatic nitrogens is 2. The van der Waals surface area contributed by atoms with Crippen molar-refractivity contribution < 1.29 is 23.8 Å². The number of aromatic amines is 1. The molecular formula is C27H33N3O5. The summed E-state index contributed by atoms with van der Waals surface area (Å²) >= 11 is 0. The zero-order chi connectivity index (χ0) is 24.6. The highest BCUT2D eigenvalue weighted by Gasteiger charge is 2.70. The third-order valence-electron chi connectivity index (χ3n) is 10.0. The highest BCUT2D eigenvalue weighted by atomic mass is 16.6. The fraction of sp³-hybridized carbons (Fsp3) is 0.593. The Morgan fingerprint density at radius 3 is 2.89 bits per heavy atom. The Labute approximate surface area is 204 Å². The van der Waals surface area contributed by atoms with E-state index in [1.165, 1.54) is 17.4 Å². The standard InChI is InChI=1S/C27H33N3O5/c1-25-12-15-14-29-30-19(15)11-16(25)6-7-17-18-8-9-27(24(33)28-3,26(18,2)13-20(31)22(17)25)35-23(32)21-5-4-10-34-21/h4-5,10-11,14,17-18,20,22,31H,6-9,12-13H2,1-3H3,(H,28,33)(H,29,30). The van der Waals surface area contributed by atoms with Crippen LogP contribution in [-0.2, 0) is 16.0 Å². The third kappa shape index (κ3) is 2.92. The second-order valence-electron chi connectivity index (χ2n) is 11.4. The van der Waals surface area contributed by atoms with Gasteiger partial charge in [-0.25, -0.2) is 4.79 Å². The van der Waals surface area contributed by atoms with Crippen LogP contribution < -0.4 is 5.32 Å². The van der Waals surface area contributed by atoms with Crippen molar-refractivity contribution in [1.29, 1.82) is 0 Å². The lowest BCUT2D eigenvalue weighted by molar-refractivity contribution is -0.182. The van der Waals surface area contributed by atoms with Crippen molar-refractivity contribution in [3.05, 3.63) is 47.2 Å². The van der Waals surface area contributed by atoms with Crippen LogP contribution in [0.5, 0.6) is 0 Å². The van der Waals surface area contributed by atoms with E-state index in [2.05, 4.69) is 28.5 Å². The van der Waals surface area contributed by atoms with Crippen molar-refractivity contribution in [2.24, 2.45) is 28.6 Å². The number of furan rings is 1. The van der Waals surface area contributed by atoms with Gasteiger partial charge in [-0.15, -0.1) is 0 Å². The first-order valence-electron chi connectivity index (χ1n) is 12.6. The summed E-state index contributed by atoms with van der Waals surface area (Å²) in [7, 11) is 1.58. The molecule has 8 nitrogen and oxygen atoms in total. The summed E-state index contributed by atoms with van der Waals surface area (Å²) < 4.78 is 11.3. The molecule has 7 atom stereocenters. The van der Waals surface area contributed by atoms with Gasteiger partial charge in [0.15, 0.2) is 5.60 Å². The number of nitrogens with zero attached hydrogens (tertiary/aromatic N) is 1. The number of aliphatic hydroxyl groups is 1. The van der Waals surface area contributed by atoms with Gasteiger partial charge >= 0.3 is 5.97 Å². The molecule has 0 radical (unpaired) electrons. The van der Waals surface area contributed by atoms with Crippen LogP contribution in [0.4, 0.5) is 0 Å². The number of H-pyrrole nitrogens is 1. The number of ether oxygens (including phenoxy) is 1. The number of likely N-dealkylation sites (N-methyl/N-ethyl adjacent to an activating group) is 1. The molecule has 0 aromatic carbocycles. The van der Waals surface area contributed by atoms with Crippen LogP contribution in [0, 0.1) is 28.6 Å². The molecule has 0 spiro atoms. The molecule has 0 saturated heterocycles. The molecule has 35 heavy (non-hydrogen) atoms. The number of nitrogens with one attached hydrogen (secondary N) is 2. The highest BCUT2D eigenvalue weighted by Crippen LogP contribution is 2.68. The van der Waals surface area contributed by atoms with E-state index in [0.717, 1.165) is 31.4 Å². The van der Waals surface area contributed by atoms with E-state index in [1.54, 1.807) is 19.2 Å². The maximum absolute atomic E-state index is 13.4. The van der Waals surface area contributed by atoms with Crippen LogP contribution in [0.3, 0.4) is 0 Å². The predicted molar refractivity (Wildman–Crippen MR) is 127 cm³/mol. The number of rotatable bonds is 3. The first-order chi connectivity index (χ1) is 16.7. The summed E-state index contributed by atoms with van der Waals surface area (Å²) in [6.45, 7) is 4.33. The average Bonchev–Trinajstić information content (AvgIpc) is 3.56. The van der Waals surface area contributed by atoms with Gasteiger partial charge in [0, 0.05) is 12.5 Å². The van der Waals surface area contributed by atoms with Crippen molar-refractivity contribution >= 4 is 18.0 Å². The highest BCUT2D eigenvalue weighted by molar-refractivity contribution is 5.93. The van der Waals surface area contributed by atoms with Gasteiger partial charge in [-0.2, -0.15) is 5.10 Å². The third-order valence-corrected chi connectivity index (χ3v) is 10.0. The number of fused-ring (bicyclic) bond motifs is 6. The molecule has 0 bridgehead atoms. The largest absolute Gasteiger partial charge is 0.457 e. The van der Waals surface area contributed by atoms with Crippen molar-refractivity contribution in [2.45, 2.75) is 64.1 Å². The Kier molecular flexibility index (Phi) is 4.88. The summed E-state index contributed by atoms with van der Waals surface area (Å²) in [4.78, 5) is 26.5. The summed E-state index contributed by atoms with van der Waals surface area (Å²) in [6, 6.07) is 3.17. The van der Waals surface area contributed by atoms with Gasteiger partial charge in [0.25, 0.3) is 5.91 Å². The maximum atomic E-state index is 13.4. The molecule has 3 N–H and O–H groups in total. The van der Waals surface area contributed by atoms with E-state index in [4.69, 9.17) is 9.15 Å². The summed E-state index contributed by atoms with van der Waals surface area (Å²) in [5, 5.41) is 21.9. The number of carbonyl (C=O) groups is 2. The minimum Gasteiger partial charge on any atom is -0.457 e. The van der Waals surface area contributed by atoms with E-state index in [9.17, 15) is 14.7 Å². The number of hydrogen-bond acceptors (Lipinski definition) is 6. The molecule has 8 heteroatoms. The normalized spacial score (nSPS) is 39.5. The number of esters is 1. The van der Waals surface area contributed by atoms with Crippen LogP contribution >= 0.6 is 0 Å². The van der Waals surface area contributed by atoms with Crippen LogP contribution in [0.1, 0.15) is 67.8 Å². The molecule has 2 aromatic rings. The Hall–Kier alpha value is -2.87. The van der Waals surface area contributed by atoms with Gasteiger partial charge in [0.2, 0.25) is 5.76 Å².